The van der Waals surface area contributed by atoms with Crippen molar-refractivity contribution in [1.29, 1.82) is 0 Å². The van der Waals surface area contributed by atoms with Gasteiger partial charge in [0.25, 0.3) is 0 Å². The number of nitrogens with one attached hydrogen (secondary N) is 1. The van der Waals surface area contributed by atoms with Crippen molar-refractivity contribution in [3.05, 3.63) is 24.3 Å². The number of hydrogen-bond donors (Lipinski definition) is 2. The summed E-state index contributed by atoms with van der Waals surface area (Å²) in [6, 6.07) is 6.09. The van der Waals surface area contributed by atoms with Gasteiger partial charge in [-0.1, -0.05) is 0 Å². The fourth-order valence-corrected chi connectivity index (χ4v) is 5.90. The maximum atomic E-state index is 12.9. The lowest BCUT2D eigenvalue weighted by Crippen LogP contribution is -2.51. The number of carbonyl (C=O) groups excluding carboxylic acids is 1. The molecule has 23 heavy (non-hydrogen) atoms. The molecule has 4 aliphatic carbocycles. The number of carbonyl (C=O) groups is 1. The third kappa shape index (κ3) is 2.68. The highest BCUT2D eigenvalue weighted by molar-refractivity contribution is 7.89. The van der Waals surface area contributed by atoms with Crippen LogP contribution in [0.15, 0.2) is 29.2 Å². The quantitative estimate of drug-likeness (QED) is 0.890. The molecule has 3 N–H and O–H groups in total. The van der Waals surface area contributed by atoms with Crippen LogP contribution in [0.2, 0.25) is 0 Å². The van der Waals surface area contributed by atoms with E-state index in [1.807, 2.05) is 0 Å². The largest absolute Gasteiger partial charge is 0.326 e. The molecule has 0 aliphatic heterocycles. The van der Waals surface area contributed by atoms with Crippen LogP contribution in [-0.2, 0) is 14.8 Å². The van der Waals surface area contributed by atoms with Gasteiger partial charge in [0.05, 0.1) is 10.3 Å². The second kappa shape index (κ2) is 5.05. The number of sulfonamides is 1. The molecule has 4 aliphatic rings. The van der Waals surface area contributed by atoms with Crippen LogP contribution in [0.1, 0.15) is 38.5 Å². The molecule has 4 saturated carbocycles. The second-order valence-electron chi connectivity index (χ2n) is 7.72. The summed E-state index contributed by atoms with van der Waals surface area (Å²) in [6.07, 6.45) is 6.95. The van der Waals surface area contributed by atoms with Crippen molar-refractivity contribution in [3.8, 4) is 0 Å². The van der Waals surface area contributed by atoms with E-state index >= 15 is 0 Å². The van der Waals surface area contributed by atoms with E-state index in [1.54, 1.807) is 12.1 Å². The van der Waals surface area contributed by atoms with Crippen LogP contribution < -0.4 is 10.5 Å². The van der Waals surface area contributed by atoms with Gasteiger partial charge in [-0.15, -0.1) is 0 Å². The zero-order chi connectivity index (χ0) is 16.2. The van der Waals surface area contributed by atoms with Crippen molar-refractivity contribution in [2.45, 2.75) is 43.4 Å². The van der Waals surface area contributed by atoms with Gasteiger partial charge in [0.2, 0.25) is 15.9 Å². The Morgan fingerprint density at radius 3 is 1.91 bits per heavy atom. The Kier molecular flexibility index (Phi) is 3.32. The first-order valence-electron chi connectivity index (χ1n) is 8.28. The molecule has 1 aromatic carbocycles. The fourth-order valence-electron chi connectivity index (χ4n) is 5.38. The summed E-state index contributed by atoms with van der Waals surface area (Å²) in [6.45, 7) is 0. The van der Waals surface area contributed by atoms with Crippen molar-refractivity contribution in [3.63, 3.8) is 0 Å². The molecule has 4 fully saturated rings. The van der Waals surface area contributed by atoms with Gasteiger partial charge in [-0.3, -0.25) is 4.79 Å². The molecule has 6 heteroatoms. The summed E-state index contributed by atoms with van der Waals surface area (Å²) in [5.41, 5.74) is 0.436. The molecule has 1 aromatic rings. The first kappa shape index (κ1) is 15.1. The molecule has 1 amide bonds. The lowest BCUT2D eigenvalue weighted by atomic mass is 9.49. The Morgan fingerprint density at radius 1 is 1.00 bits per heavy atom. The van der Waals surface area contributed by atoms with Crippen molar-refractivity contribution in [2.75, 3.05) is 5.32 Å². The standard InChI is InChI=1S/C17H22N2O3S/c18-23(21,22)15-3-1-14(2-4-15)19-16(20)17-8-11-5-12(9-17)7-13(6-11)10-17/h1-4,11-13H,5-10H2,(H,19,20)(H2,18,21,22). The maximum Gasteiger partial charge on any atom is 0.238 e. The van der Waals surface area contributed by atoms with Gasteiger partial charge in [0.1, 0.15) is 0 Å². The molecule has 5 rings (SSSR count). The van der Waals surface area contributed by atoms with Gasteiger partial charge >= 0.3 is 0 Å². The molecule has 0 atom stereocenters. The lowest BCUT2D eigenvalue weighted by Gasteiger charge is -2.55. The van der Waals surface area contributed by atoms with E-state index in [0.29, 0.717) is 5.69 Å². The number of nitrogens with two attached hydrogens (primary N) is 1. The molecular weight excluding hydrogens is 312 g/mol. The van der Waals surface area contributed by atoms with Crippen LogP contribution in [-0.4, -0.2) is 14.3 Å². The highest BCUT2D eigenvalue weighted by Gasteiger charge is 2.54. The molecule has 5 nitrogen and oxygen atoms in total. The summed E-state index contributed by atoms with van der Waals surface area (Å²) in [4.78, 5) is 13.0. The summed E-state index contributed by atoms with van der Waals surface area (Å²) < 4.78 is 22.6. The van der Waals surface area contributed by atoms with Crippen LogP contribution in [0.4, 0.5) is 5.69 Å². The Hall–Kier alpha value is -1.40. The average molecular weight is 334 g/mol. The van der Waals surface area contributed by atoms with Crippen LogP contribution in [0.3, 0.4) is 0 Å². The highest BCUT2D eigenvalue weighted by Crippen LogP contribution is 2.60. The monoisotopic (exact) mass is 334 g/mol. The van der Waals surface area contributed by atoms with E-state index in [0.717, 1.165) is 37.0 Å². The zero-order valence-corrected chi connectivity index (χ0v) is 13.8. The first-order chi connectivity index (χ1) is 10.8. The van der Waals surface area contributed by atoms with E-state index in [-0.39, 0.29) is 16.2 Å². The third-order valence-electron chi connectivity index (χ3n) is 5.96. The van der Waals surface area contributed by atoms with Crippen LogP contribution in [0.5, 0.6) is 0 Å². The van der Waals surface area contributed by atoms with Gasteiger partial charge in [-0.25, -0.2) is 13.6 Å². The Morgan fingerprint density at radius 2 is 1.48 bits per heavy atom. The van der Waals surface area contributed by atoms with E-state index in [2.05, 4.69) is 5.32 Å². The fraction of sp³-hybridized carbons (Fsp3) is 0.588. The average Bonchev–Trinajstić information content (AvgIpc) is 2.45. The van der Waals surface area contributed by atoms with Crippen molar-refractivity contribution < 1.29 is 13.2 Å². The number of hydrogen-bond acceptors (Lipinski definition) is 3. The summed E-state index contributed by atoms with van der Waals surface area (Å²) in [5.74, 6) is 2.27. The van der Waals surface area contributed by atoms with Gasteiger partial charge in [-0.2, -0.15) is 0 Å². The second-order valence-corrected chi connectivity index (χ2v) is 9.28. The normalized spacial score (nSPS) is 35.3. The Balaban J connectivity index is 1.52. The zero-order valence-electron chi connectivity index (χ0n) is 13.0. The molecule has 0 aromatic heterocycles. The number of anilines is 1. The molecule has 124 valence electrons. The summed E-state index contributed by atoms with van der Waals surface area (Å²) >= 11 is 0. The Bertz CT molecular complexity index is 704. The SMILES string of the molecule is NS(=O)(=O)c1ccc(NC(=O)C23CC4CC(CC(C4)C2)C3)cc1. The van der Waals surface area contributed by atoms with Gasteiger partial charge in [-0.05, 0) is 80.5 Å². The van der Waals surface area contributed by atoms with Crippen LogP contribution in [0, 0.1) is 23.2 Å². The van der Waals surface area contributed by atoms with Crippen LogP contribution >= 0.6 is 0 Å². The smallest absolute Gasteiger partial charge is 0.238 e. The topological polar surface area (TPSA) is 89.3 Å². The van der Waals surface area contributed by atoms with Gasteiger partial charge < -0.3 is 5.32 Å². The highest BCUT2D eigenvalue weighted by atomic mass is 32.2. The summed E-state index contributed by atoms with van der Waals surface area (Å²) in [5, 5.41) is 8.10. The van der Waals surface area contributed by atoms with Gasteiger partial charge in [0, 0.05) is 5.69 Å². The molecule has 0 radical (unpaired) electrons. The van der Waals surface area contributed by atoms with Crippen molar-refractivity contribution in [1.82, 2.24) is 0 Å². The third-order valence-corrected chi connectivity index (χ3v) is 6.89. The molecule has 0 heterocycles. The summed E-state index contributed by atoms with van der Waals surface area (Å²) in [7, 11) is -3.70. The molecule has 4 bridgehead atoms. The molecule has 0 unspecified atom stereocenters. The molecular formula is C17H22N2O3S. The minimum absolute atomic E-state index is 0.0605. The number of primary sulfonamides is 1. The van der Waals surface area contributed by atoms with E-state index in [4.69, 9.17) is 5.14 Å². The van der Waals surface area contributed by atoms with E-state index < -0.39 is 10.0 Å². The molecule has 0 spiro atoms. The predicted molar refractivity (Wildman–Crippen MR) is 87.0 cm³/mol. The minimum atomic E-state index is -3.70. The number of amides is 1. The molecule has 0 saturated heterocycles. The van der Waals surface area contributed by atoms with E-state index in [1.165, 1.54) is 31.4 Å². The number of benzene rings is 1. The first-order valence-corrected chi connectivity index (χ1v) is 9.83. The maximum absolute atomic E-state index is 12.9. The Labute approximate surface area is 136 Å². The minimum Gasteiger partial charge on any atom is -0.326 e. The van der Waals surface area contributed by atoms with Crippen molar-refractivity contribution in [2.24, 2.45) is 28.3 Å². The lowest BCUT2D eigenvalue weighted by molar-refractivity contribution is -0.140. The van der Waals surface area contributed by atoms with E-state index in [9.17, 15) is 13.2 Å². The van der Waals surface area contributed by atoms with Gasteiger partial charge in [0.15, 0.2) is 0 Å². The van der Waals surface area contributed by atoms with Crippen molar-refractivity contribution >= 4 is 21.6 Å². The van der Waals surface area contributed by atoms with Crippen LogP contribution in [0.25, 0.3) is 0 Å². The predicted octanol–water partition coefficient (Wildman–Crippen LogP) is 2.49. The number of rotatable bonds is 3.